The summed E-state index contributed by atoms with van der Waals surface area (Å²) in [5.41, 5.74) is 1.18. The molecule has 0 bridgehead atoms. The van der Waals surface area contributed by atoms with Gasteiger partial charge in [0.25, 0.3) is 0 Å². The van der Waals surface area contributed by atoms with Crippen LogP contribution < -0.4 is 16.0 Å². The van der Waals surface area contributed by atoms with Crippen molar-refractivity contribution in [2.75, 3.05) is 17.2 Å². The van der Waals surface area contributed by atoms with Crippen LogP contribution in [0.25, 0.3) is 0 Å². The molecule has 0 saturated heterocycles. The first-order valence-corrected chi connectivity index (χ1v) is 8.55. The number of rotatable bonds is 7. The van der Waals surface area contributed by atoms with Crippen molar-refractivity contribution in [3.8, 4) is 0 Å². The minimum Gasteiger partial charge on any atom is -0.450 e. The highest BCUT2D eigenvalue weighted by molar-refractivity contribution is 5.98. The lowest BCUT2D eigenvalue weighted by atomic mass is 10.0. The van der Waals surface area contributed by atoms with E-state index in [-0.39, 0.29) is 30.3 Å². The Hall–Kier alpha value is -2.57. The molecule has 7 nitrogen and oxygen atoms in total. The molecule has 0 radical (unpaired) electrons. The van der Waals surface area contributed by atoms with E-state index in [0.717, 1.165) is 12.8 Å². The molecule has 3 N–H and O–H groups in total. The van der Waals surface area contributed by atoms with Crippen molar-refractivity contribution in [2.45, 2.75) is 39.7 Å². The van der Waals surface area contributed by atoms with Crippen LogP contribution in [0.3, 0.4) is 0 Å². The van der Waals surface area contributed by atoms with Gasteiger partial charge in [0.1, 0.15) is 6.04 Å². The van der Waals surface area contributed by atoms with Gasteiger partial charge in [0.2, 0.25) is 11.8 Å². The van der Waals surface area contributed by atoms with E-state index in [4.69, 9.17) is 4.74 Å². The molecule has 0 aliphatic heterocycles. The van der Waals surface area contributed by atoms with Crippen molar-refractivity contribution in [2.24, 2.45) is 11.8 Å². The van der Waals surface area contributed by atoms with E-state index in [1.165, 1.54) is 0 Å². The number of nitrogens with one attached hydrogen (secondary N) is 3. The van der Waals surface area contributed by atoms with E-state index in [1.54, 1.807) is 31.2 Å². The van der Waals surface area contributed by atoms with Crippen LogP contribution >= 0.6 is 0 Å². The van der Waals surface area contributed by atoms with Crippen LogP contribution in [-0.4, -0.2) is 30.6 Å². The van der Waals surface area contributed by atoms with Crippen LogP contribution in [0.5, 0.6) is 0 Å². The van der Waals surface area contributed by atoms with Crippen molar-refractivity contribution in [1.82, 2.24) is 5.32 Å². The Morgan fingerprint density at radius 3 is 2.36 bits per heavy atom. The molecule has 1 aromatic carbocycles. The monoisotopic (exact) mass is 347 g/mol. The van der Waals surface area contributed by atoms with Gasteiger partial charge >= 0.3 is 6.09 Å². The summed E-state index contributed by atoms with van der Waals surface area (Å²) < 4.78 is 4.84. The predicted octanol–water partition coefficient (Wildman–Crippen LogP) is 2.74. The van der Waals surface area contributed by atoms with E-state index in [9.17, 15) is 14.4 Å². The number of carbonyl (C=O) groups is 3. The number of amides is 3. The lowest BCUT2D eigenvalue weighted by Crippen LogP contribution is -2.47. The summed E-state index contributed by atoms with van der Waals surface area (Å²) >= 11 is 0. The Balaban J connectivity index is 1.99. The van der Waals surface area contributed by atoms with Crippen LogP contribution in [0.1, 0.15) is 33.6 Å². The van der Waals surface area contributed by atoms with Gasteiger partial charge in [-0.3, -0.25) is 9.59 Å². The Morgan fingerprint density at radius 1 is 1.16 bits per heavy atom. The first-order valence-electron chi connectivity index (χ1n) is 8.55. The average molecular weight is 347 g/mol. The maximum atomic E-state index is 12.5. The number of hydrogen-bond acceptors (Lipinski definition) is 4. The summed E-state index contributed by atoms with van der Waals surface area (Å²) in [5, 5.41) is 8.17. The molecule has 1 atom stereocenters. The smallest absolute Gasteiger partial charge is 0.407 e. The second kappa shape index (κ2) is 8.50. The Bertz CT molecular complexity index is 641. The van der Waals surface area contributed by atoms with E-state index in [1.807, 2.05) is 13.8 Å². The van der Waals surface area contributed by atoms with Gasteiger partial charge in [0.15, 0.2) is 0 Å². The number of benzene rings is 1. The Labute approximate surface area is 147 Å². The van der Waals surface area contributed by atoms with Gasteiger partial charge in [-0.15, -0.1) is 0 Å². The topological polar surface area (TPSA) is 96.5 Å². The Kier molecular flexibility index (Phi) is 6.38. The molecule has 1 fully saturated rings. The molecule has 1 unspecified atom stereocenters. The van der Waals surface area contributed by atoms with Crippen molar-refractivity contribution in [3.05, 3.63) is 24.3 Å². The van der Waals surface area contributed by atoms with Crippen molar-refractivity contribution in [1.29, 1.82) is 0 Å². The number of alkyl carbamates (subject to hydrolysis) is 1. The van der Waals surface area contributed by atoms with E-state index in [0.29, 0.717) is 11.4 Å². The molecule has 0 aromatic heterocycles. The fourth-order valence-electron chi connectivity index (χ4n) is 2.32. The zero-order valence-electron chi connectivity index (χ0n) is 14.8. The van der Waals surface area contributed by atoms with Crippen LogP contribution in [-0.2, 0) is 14.3 Å². The summed E-state index contributed by atoms with van der Waals surface area (Å²) in [4.78, 5) is 35.9. The highest BCUT2D eigenvalue weighted by atomic mass is 16.5. The third-order valence-corrected chi connectivity index (χ3v) is 3.84. The van der Waals surface area contributed by atoms with Crippen LogP contribution in [0.2, 0.25) is 0 Å². The van der Waals surface area contributed by atoms with Crippen molar-refractivity contribution < 1.29 is 19.1 Å². The van der Waals surface area contributed by atoms with E-state index >= 15 is 0 Å². The lowest BCUT2D eigenvalue weighted by molar-refractivity contribution is -0.119. The lowest BCUT2D eigenvalue weighted by Gasteiger charge is -2.21. The van der Waals surface area contributed by atoms with Gasteiger partial charge in [0, 0.05) is 17.3 Å². The van der Waals surface area contributed by atoms with Gasteiger partial charge in [-0.05, 0) is 43.9 Å². The molecule has 3 amide bonds. The molecule has 0 heterocycles. The summed E-state index contributed by atoms with van der Waals surface area (Å²) in [5.74, 6) is -0.333. The van der Waals surface area contributed by atoms with E-state index in [2.05, 4.69) is 16.0 Å². The van der Waals surface area contributed by atoms with Crippen molar-refractivity contribution in [3.63, 3.8) is 0 Å². The van der Waals surface area contributed by atoms with Crippen LogP contribution in [0.15, 0.2) is 24.3 Å². The maximum Gasteiger partial charge on any atom is 0.407 e. The Morgan fingerprint density at radius 2 is 1.80 bits per heavy atom. The second-order valence-electron chi connectivity index (χ2n) is 6.42. The zero-order chi connectivity index (χ0) is 18.4. The third kappa shape index (κ3) is 5.77. The molecule has 1 aliphatic carbocycles. The van der Waals surface area contributed by atoms with Crippen molar-refractivity contribution >= 4 is 29.3 Å². The zero-order valence-corrected chi connectivity index (χ0v) is 14.8. The highest BCUT2D eigenvalue weighted by Crippen LogP contribution is 2.30. The molecule has 2 rings (SSSR count). The van der Waals surface area contributed by atoms with Gasteiger partial charge < -0.3 is 20.7 Å². The van der Waals surface area contributed by atoms with Gasteiger partial charge in [-0.2, -0.15) is 0 Å². The second-order valence-corrected chi connectivity index (χ2v) is 6.42. The fraction of sp³-hybridized carbons (Fsp3) is 0.500. The predicted molar refractivity (Wildman–Crippen MR) is 95.2 cm³/mol. The van der Waals surface area contributed by atoms with Gasteiger partial charge in [0.05, 0.1) is 6.61 Å². The number of hydrogen-bond donors (Lipinski definition) is 3. The molecule has 1 aromatic rings. The molecular weight excluding hydrogens is 322 g/mol. The molecule has 25 heavy (non-hydrogen) atoms. The molecular formula is C18H25N3O4. The standard InChI is InChI=1S/C18H25N3O4/c1-4-25-18(24)21-15(11(2)3)17(23)20-14-7-5-6-13(10-14)19-16(22)12-8-9-12/h5-7,10-12,15H,4,8-9H2,1-3H3,(H,19,22)(H,20,23)(H,21,24). The maximum absolute atomic E-state index is 12.5. The minimum absolute atomic E-state index is 0.00695. The molecule has 0 spiro atoms. The quantitative estimate of drug-likeness (QED) is 0.706. The summed E-state index contributed by atoms with van der Waals surface area (Å²) in [7, 11) is 0. The first-order chi connectivity index (χ1) is 11.9. The molecule has 7 heteroatoms. The van der Waals surface area contributed by atoms with Gasteiger partial charge in [-0.1, -0.05) is 19.9 Å². The van der Waals surface area contributed by atoms with Crippen LogP contribution in [0.4, 0.5) is 16.2 Å². The first kappa shape index (κ1) is 18.8. The number of anilines is 2. The van der Waals surface area contributed by atoms with E-state index < -0.39 is 12.1 Å². The molecule has 136 valence electrons. The highest BCUT2D eigenvalue weighted by Gasteiger charge is 2.29. The largest absolute Gasteiger partial charge is 0.450 e. The SMILES string of the molecule is CCOC(=O)NC(C(=O)Nc1cccc(NC(=O)C2CC2)c1)C(C)C. The van der Waals surface area contributed by atoms with Crippen LogP contribution in [0, 0.1) is 11.8 Å². The minimum atomic E-state index is -0.719. The van der Waals surface area contributed by atoms with Gasteiger partial charge in [-0.25, -0.2) is 4.79 Å². The number of carbonyl (C=O) groups excluding carboxylic acids is 3. The number of ether oxygens (including phenoxy) is 1. The normalized spacial score (nSPS) is 14.6. The summed E-state index contributed by atoms with van der Waals surface area (Å²) in [6.07, 6.45) is 1.23. The average Bonchev–Trinajstić information content (AvgIpc) is 3.37. The molecule has 1 saturated carbocycles. The molecule has 1 aliphatic rings. The fourth-order valence-corrected chi connectivity index (χ4v) is 2.32. The third-order valence-electron chi connectivity index (χ3n) is 3.84. The summed E-state index contributed by atoms with van der Waals surface area (Å²) in [6, 6.07) is 6.23. The summed E-state index contributed by atoms with van der Waals surface area (Å²) in [6.45, 7) is 5.61.